The SMILES string of the molecule is CN(Cc1cscn1)C(=O)c1c(F)ccc([N+](=O)[O-])c1F. The van der Waals surface area contributed by atoms with Gasteiger partial charge in [0, 0.05) is 18.5 Å². The summed E-state index contributed by atoms with van der Waals surface area (Å²) in [4.78, 5) is 26.7. The van der Waals surface area contributed by atoms with Crippen molar-refractivity contribution in [3.8, 4) is 0 Å². The van der Waals surface area contributed by atoms with Crippen molar-refractivity contribution in [1.82, 2.24) is 9.88 Å². The predicted molar refractivity (Wildman–Crippen MR) is 70.9 cm³/mol. The number of nitro groups is 1. The van der Waals surface area contributed by atoms with E-state index in [0.29, 0.717) is 17.8 Å². The topological polar surface area (TPSA) is 76.3 Å². The summed E-state index contributed by atoms with van der Waals surface area (Å²) in [5.41, 5.74) is 0.230. The molecule has 6 nitrogen and oxygen atoms in total. The first-order valence-corrected chi connectivity index (χ1v) is 6.61. The van der Waals surface area contributed by atoms with Crippen LogP contribution in [0.15, 0.2) is 23.0 Å². The number of halogens is 2. The van der Waals surface area contributed by atoms with Gasteiger partial charge in [0.05, 0.1) is 22.7 Å². The monoisotopic (exact) mass is 313 g/mol. The van der Waals surface area contributed by atoms with Crippen molar-refractivity contribution in [2.75, 3.05) is 7.05 Å². The Morgan fingerprint density at radius 2 is 2.19 bits per heavy atom. The second-order valence-corrected chi connectivity index (χ2v) is 4.87. The van der Waals surface area contributed by atoms with Crippen molar-refractivity contribution in [2.45, 2.75) is 6.54 Å². The Hall–Kier alpha value is -2.42. The highest BCUT2D eigenvalue weighted by Crippen LogP contribution is 2.24. The van der Waals surface area contributed by atoms with Crippen LogP contribution in [0.5, 0.6) is 0 Å². The number of hydrogen-bond acceptors (Lipinski definition) is 5. The summed E-state index contributed by atoms with van der Waals surface area (Å²) in [6, 6.07) is 1.38. The fourth-order valence-electron chi connectivity index (χ4n) is 1.70. The summed E-state index contributed by atoms with van der Waals surface area (Å²) < 4.78 is 27.6. The molecule has 1 aromatic carbocycles. The van der Waals surface area contributed by atoms with Crippen LogP contribution in [0, 0.1) is 21.7 Å². The Bertz CT molecular complexity index is 691. The van der Waals surface area contributed by atoms with Gasteiger partial charge in [0.25, 0.3) is 5.91 Å². The smallest absolute Gasteiger partial charge is 0.305 e. The number of amides is 1. The molecule has 0 radical (unpaired) electrons. The summed E-state index contributed by atoms with van der Waals surface area (Å²) in [6.07, 6.45) is 0. The third kappa shape index (κ3) is 3.02. The molecule has 2 rings (SSSR count). The Labute approximate surface area is 121 Å². The van der Waals surface area contributed by atoms with Crippen LogP contribution < -0.4 is 0 Å². The zero-order valence-corrected chi connectivity index (χ0v) is 11.6. The molecule has 1 heterocycles. The first kappa shape index (κ1) is 15.0. The number of carbonyl (C=O) groups excluding carboxylic acids is 1. The lowest BCUT2D eigenvalue weighted by molar-refractivity contribution is -0.387. The van der Waals surface area contributed by atoms with Crippen molar-refractivity contribution in [1.29, 1.82) is 0 Å². The van der Waals surface area contributed by atoms with Crippen molar-refractivity contribution >= 4 is 22.9 Å². The number of hydrogen-bond donors (Lipinski definition) is 0. The lowest BCUT2D eigenvalue weighted by Crippen LogP contribution is -2.28. The fourth-order valence-corrected chi connectivity index (χ4v) is 2.25. The van der Waals surface area contributed by atoms with Crippen LogP contribution in [0.2, 0.25) is 0 Å². The molecule has 1 amide bonds. The van der Waals surface area contributed by atoms with Crippen molar-refractivity contribution < 1.29 is 18.5 Å². The van der Waals surface area contributed by atoms with Crippen molar-refractivity contribution in [3.05, 3.63) is 56.0 Å². The van der Waals surface area contributed by atoms with Gasteiger partial charge in [-0.15, -0.1) is 11.3 Å². The summed E-state index contributed by atoms with van der Waals surface area (Å²) in [5, 5.41) is 12.3. The Balaban J connectivity index is 2.34. The number of carbonyl (C=O) groups is 1. The predicted octanol–water partition coefficient (Wildman–Crippen LogP) is 2.60. The number of nitrogens with zero attached hydrogens (tertiary/aromatic N) is 3. The maximum absolute atomic E-state index is 13.9. The Kier molecular flexibility index (Phi) is 4.22. The molecule has 0 aliphatic heterocycles. The van der Waals surface area contributed by atoms with Crippen LogP contribution in [0.3, 0.4) is 0 Å². The van der Waals surface area contributed by atoms with Crippen LogP contribution >= 0.6 is 11.3 Å². The molecule has 21 heavy (non-hydrogen) atoms. The van der Waals surface area contributed by atoms with Gasteiger partial charge in [-0.1, -0.05) is 0 Å². The normalized spacial score (nSPS) is 10.4. The number of thiazole rings is 1. The van der Waals surface area contributed by atoms with Gasteiger partial charge in [-0.05, 0) is 6.07 Å². The number of rotatable bonds is 4. The molecule has 0 spiro atoms. The van der Waals surface area contributed by atoms with Gasteiger partial charge in [-0.25, -0.2) is 9.37 Å². The number of nitro benzene ring substituents is 1. The third-order valence-electron chi connectivity index (χ3n) is 2.71. The number of aromatic nitrogens is 1. The molecule has 0 aliphatic carbocycles. The Morgan fingerprint density at radius 1 is 1.48 bits per heavy atom. The number of benzene rings is 1. The van der Waals surface area contributed by atoms with E-state index < -0.39 is 33.7 Å². The average Bonchev–Trinajstić information content (AvgIpc) is 2.90. The van der Waals surface area contributed by atoms with Crippen molar-refractivity contribution in [3.63, 3.8) is 0 Å². The van der Waals surface area contributed by atoms with Gasteiger partial charge in [0.1, 0.15) is 11.4 Å². The van der Waals surface area contributed by atoms with E-state index in [1.165, 1.54) is 18.4 Å². The summed E-state index contributed by atoms with van der Waals surface area (Å²) >= 11 is 1.32. The lowest BCUT2D eigenvalue weighted by Gasteiger charge is -2.16. The molecular formula is C12H9F2N3O3S. The molecule has 1 aromatic heterocycles. The highest BCUT2D eigenvalue weighted by Gasteiger charge is 2.28. The highest BCUT2D eigenvalue weighted by atomic mass is 32.1. The zero-order valence-electron chi connectivity index (χ0n) is 10.7. The van der Waals surface area contributed by atoms with Gasteiger partial charge in [-0.2, -0.15) is 4.39 Å². The van der Waals surface area contributed by atoms with Crippen LogP contribution in [-0.2, 0) is 6.54 Å². The molecule has 0 bridgehead atoms. The Morgan fingerprint density at radius 3 is 2.76 bits per heavy atom. The third-order valence-corrected chi connectivity index (χ3v) is 3.35. The molecule has 0 fully saturated rings. The molecule has 110 valence electrons. The van der Waals surface area contributed by atoms with Gasteiger partial charge in [0.2, 0.25) is 5.82 Å². The summed E-state index contributed by atoms with van der Waals surface area (Å²) in [5.74, 6) is -3.61. The van der Waals surface area contributed by atoms with Gasteiger partial charge < -0.3 is 4.90 Å². The molecule has 9 heteroatoms. The molecule has 0 aliphatic rings. The zero-order chi connectivity index (χ0) is 15.6. The van der Waals surface area contributed by atoms with Crippen LogP contribution in [-0.4, -0.2) is 27.8 Å². The molecule has 0 unspecified atom stereocenters. The van der Waals surface area contributed by atoms with Crippen LogP contribution in [0.1, 0.15) is 16.1 Å². The lowest BCUT2D eigenvalue weighted by atomic mass is 10.1. The van der Waals surface area contributed by atoms with E-state index in [1.807, 2.05) is 0 Å². The molecule has 0 N–H and O–H groups in total. The molecule has 0 saturated carbocycles. The largest absolute Gasteiger partial charge is 0.336 e. The first-order valence-electron chi connectivity index (χ1n) is 5.66. The molecule has 0 saturated heterocycles. The summed E-state index contributed by atoms with van der Waals surface area (Å²) in [6.45, 7) is 0.0455. The van der Waals surface area contributed by atoms with E-state index in [0.717, 1.165) is 4.90 Å². The fraction of sp³-hybridized carbons (Fsp3) is 0.167. The molecule has 2 aromatic rings. The van der Waals surface area contributed by atoms with E-state index >= 15 is 0 Å². The maximum atomic E-state index is 13.9. The van der Waals surface area contributed by atoms with Gasteiger partial charge >= 0.3 is 5.69 Å². The van der Waals surface area contributed by atoms with E-state index in [1.54, 1.807) is 10.9 Å². The average molecular weight is 313 g/mol. The maximum Gasteiger partial charge on any atom is 0.305 e. The van der Waals surface area contributed by atoms with Crippen LogP contribution in [0.25, 0.3) is 0 Å². The molecule has 0 atom stereocenters. The van der Waals surface area contributed by atoms with Crippen LogP contribution in [0.4, 0.5) is 14.5 Å². The van der Waals surface area contributed by atoms with Gasteiger partial charge in [-0.3, -0.25) is 14.9 Å². The second-order valence-electron chi connectivity index (χ2n) is 4.15. The van der Waals surface area contributed by atoms with Crippen molar-refractivity contribution in [2.24, 2.45) is 0 Å². The minimum atomic E-state index is -1.48. The highest BCUT2D eigenvalue weighted by molar-refractivity contribution is 7.07. The van der Waals surface area contributed by atoms with E-state index in [-0.39, 0.29) is 6.54 Å². The quantitative estimate of drug-likeness (QED) is 0.642. The summed E-state index contributed by atoms with van der Waals surface area (Å²) in [7, 11) is 1.33. The molecular weight excluding hydrogens is 304 g/mol. The van der Waals surface area contributed by atoms with E-state index in [2.05, 4.69) is 4.98 Å². The standard InChI is InChI=1S/C12H9F2N3O3S/c1-16(4-7-5-21-6-15-7)12(18)10-8(13)2-3-9(11(10)14)17(19)20/h2-3,5-6H,4H2,1H3. The van der Waals surface area contributed by atoms with Gasteiger partial charge in [0.15, 0.2) is 0 Å². The first-order chi connectivity index (χ1) is 9.91. The van der Waals surface area contributed by atoms with E-state index in [4.69, 9.17) is 0 Å². The minimum absolute atomic E-state index is 0.0455. The second kappa shape index (κ2) is 5.92. The van der Waals surface area contributed by atoms with E-state index in [9.17, 15) is 23.7 Å². The minimum Gasteiger partial charge on any atom is -0.336 e.